The molecular formula is C9H13N3. The zero-order chi connectivity index (χ0) is 9.14. The molecule has 1 aromatic rings. The molecule has 12 heavy (non-hydrogen) atoms. The lowest BCUT2D eigenvalue weighted by atomic mass is 10.1. The molecule has 0 amide bonds. The van der Waals surface area contributed by atoms with E-state index in [1.54, 1.807) is 0 Å². The second-order valence-corrected chi connectivity index (χ2v) is 2.93. The molecule has 0 fully saturated rings. The van der Waals surface area contributed by atoms with Crippen LogP contribution in [0.15, 0.2) is 0 Å². The summed E-state index contributed by atoms with van der Waals surface area (Å²) in [6.45, 7) is 4.02. The van der Waals surface area contributed by atoms with Gasteiger partial charge in [-0.15, -0.1) is 0 Å². The smallest absolute Gasteiger partial charge is 0.0628 e. The van der Waals surface area contributed by atoms with Crippen LogP contribution in [0.25, 0.3) is 0 Å². The van der Waals surface area contributed by atoms with Gasteiger partial charge in [-0.1, -0.05) is 0 Å². The summed E-state index contributed by atoms with van der Waals surface area (Å²) in [6.07, 6.45) is 1.40. The van der Waals surface area contributed by atoms with E-state index in [-0.39, 0.29) is 0 Å². The van der Waals surface area contributed by atoms with Crippen LogP contribution in [0.3, 0.4) is 0 Å². The van der Waals surface area contributed by atoms with Gasteiger partial charge in [0.2, 0.25) is 0 Å². The largest absolute Gasteiger partial charge is 0.272 e. The van der Waals surface area contributed by atoms with Gasteiger partial charge in [0.1, 0.15) is 0 Å². The van der Waals surface area contributed by atoms with Crippen molar-refractivity contribution in [2.24, 2.45) is 7.05 Å². The molecule has 0 aliphatic rings. The van der Waals surface area contributed by atoms with Crippen LogP contribution in [0.4, 0.5) is 0 Å². The first-order valence-corrected chi connectivity index (χ1v) is 4.03. The zero-order valence-electron chi connectivity index (χ0n) is 7.76. The SMILES string of the molecule is Cc1nn(C)c(C)c1CCC#N. The van der Waals surface area contributed by atoms with Gasteiger partial charge in [-0.3, -0.25) is 4.68 Å². The van der Waals surface area contributed by atoms with Gasteiger partial charge < -0.3 is 0 Å². The number of hydrogen-bond acceptors (Lipinski definition) is 2. The third-order valence-electron chi connectivity index (χ3n) is 2.15. The van der Waals surface area contributed by atoms with Crippen molar-refractivity contribution >= 4 is 0 Å². The second-order valence-electron chi connectivity index (χ2n) is 2.93. The van der Waals surface area contributed by atoms with E-state index in [0.717, 1.165) is 12.1 Å². The van der Waals surface area contributed by atoms with E-state index in [4.69, 9.17) is 5.26 Å². The minimum Gasteiger partial charge on any atom is -0.272 e. The molecule has 0 aliphatic heterocycles. The van der Waals surface area contributed by atoms with Gasteiger partial charge in [-0.05, 0) is 25.8 Å². The van der Waals surface area contributed by atoms with Gasteiger partial charge in [-0.2, -0.15) is 10.4 Å². The van der Waals surface area contributed by atoms with Crippen molar-refractivity contribution in [1.29, 1.82) is 5.26 Å². The van der Waals surface area contributed by atoms with Crippen LogP contribution >= 0.6 is 0 Å². The number of nitriles is 1. The van der Waals surface area contributed by atoms with Crippen molar-refractivity contribution in [3.8, 4) is 6.07 Å². The quantitative estimate of drug-likeness (QED) is 0.662. The van der Waals surface area contributed by atoms with Gasteiger partial charge in [0, 0.05) is 19.2 Å². The average molecular weight is 163 g/mol. The fraction of sp³-hybridized carbons (Fsp3) is 0.556. The molecule has 0 aliphatic carbocycles. The monoisotopic (exact) mass is 163 g/mol. The first-order chi connectivity index (χ1) is 5.66. The molecule has 64 valence electrons. The van der Waals surface area contributed by atoms with Crippen molar-refractivity contribution in [2.75, 3.05) is 0 Å². The third kappa shape index (κ3) is 1.48. The Hall–Kier alpha value is -1.30. The number of aromatic nitrogens is 2. The summed E-state index contributed by atoms with van der Waals surface area (Å²) in [5.74, 6) is 0. The fourth-order valence-corrected chi connectivity index (χ4v) is 1.36. The minimum absolute atomic E-state index is 0.577. The van der Waals surface area contributed by atoms with Crippen molar-refractivity contribution < 1.29 is 0 Å². The molecule has 0 N–H and O–H groups in total. The minimum atomic E-state index is 0.577. The van der Waals surface area contributed by atoms with E-state index in [1.807, 2.05) is 25.6 Å². The first-order valence-electron chi connectivity index (χ1n) is 4.03. The summed E-state index contributed by atoms with van der Waals surface area (Å²) in [4.78, 5) is 0. The van der Waals surface area contributed by atoms with E-state index in [0.29, 0.717) is 6.42 Å². The number of aryl methyl sites for hydroxylation is 2. The van der Waals surface area contributed by atoms with Crippen molar-refractivity contribution in [3.63, 3.8) is 0 Å². The van der Waals surface area contributed by atoms with Crippen molar-refractivity contribution in [1.82, 2.24) is 9.78 Å². The molecule has 0 unspecified atom stereocenters. The van der Waals surface area contributed by atoms with E-state index in [2.05, 4.69) is 11.2 Å². The Balaban J connectivity index is 2.91. The highest BCUT2D eigenvalue weighted by atomic mass is 15.3. The molecular weight excluding hydrogens is 150 g/mol. The molecule has 0 bridgehead atoms. The molecule has 1 aromatic heterocycles. The van der Waals surface area contributed by atoms with Gasteiger partial charge in [-0.25, -0.2) is 0 Å². The Morgan fingerprint density at radius 2 is 2.17 bits per heavy atom. The Labute approximate surface area is 72.6 Å². The topological polar surface area (TPSA) is 41.6 Å². The van der Waals surface area contributed by atoms with Crippen LogP contribution in [0.1, 0.15) is 23.4 Å². The number of rotatable bonds is 2. The molecule has 0 saturated carbocycles. The Morgan fingerprint density at radius 1 is 1.50 bits per heavy atom. The predicted octanol–water partition coefficient (Wildman–Crippen LogP) is 1.49. The van der Waals surface area contributed by atoms with E-state index >= 15 is 0 Å². The lowest BCUT2D eigenvalue weighted by Crippen LogP contribution is -1.93. The summed E-state index contributed by atoms with van der Waals surface area (Å²) in [7, 11) is 1.93. The maximum absolute atomic E-state index is 8.44. The highest BCUT2D eigenvalue weighted by Crippen LogP contribution is 2.13. The van der Waals surface area contributed by atoms with E-state index in [9.17, 15) is 0 Å². The number of hydrogen-bond donors (Lipinski definition) is 0. The second kappa shape index (κ2) is 3.40. The summed E-state index contributed by atoms with van der Waals surface area (Å²) in [5.41, 5.74) is 3.44. The van der Waals surface area contributed by atoms with Crippen molar-refractivity contribution in [2.45, 2.75) is 26.7 Å². The summed E-state index contributed by atoms with van der Waals surface area (Å²) in [6, 6.07) is 2.14. The third-order valence-corrected chi connectivity index (χ3v) is 2.15. The van der Waals surface area contributed by atoms with E-state index in [1.165, 1.54) is 11.3 Å². The predicted molar refractivity (Wildman–Crippen MR) is 46.6 cm³/mol. The highest BCUT2D eigenvalue weighted by molar-refractivity contribution is 5.24. The molecule has 0 saturated heterocycles. The molecule has 0 aromatic carbocycles. The van der Waals surface area contributed by atoms with Gasteiger partial charge in [0.25, 0.3) is 0 Å². The summed E-state index contributed by atoms with van der Waals surface area (Å²) < 4.78 is 1.86. The molecule has 0 radical (unpaired) electrons. The molecule has 3 heteroatoms. The Bertz CT molecular complexity index is 317. The highest BCUT2D eigenvalue weighted by Gasteiger charge is 2.07. The standard InChI is InChI=1S/C9H13N3/c1-7-9(5-4-6-10)8(2)12(3)11-7/h4-5H2,1-3H3. The van der Waals surface area contributed by atoms with Crippen LogP contribution in [-0.4, -0.2) is 9.78 Å². The molecule has 0 atom stereocenters. The number of nitrogens with zero attached hydrogens (tertiary/aromatic N) is 3. The normalized spacial score (nSPS) is 9.83. The Kier molecular flexibility index (Phi) is 2.49. The summed E-state index contributed by atoms with van der Waals surface area (Å²) in [5, 5.41) is 12.7. The molecule has 1 heterocycles. The zero-order valence-corrected chi connectivity index (χ0v) is 7.76. The van der Waals surface area contributed by atoms with Crippen LogP contribution in [0.5, 0.6) is 0 Å². The lowest BCUT2D eigenvalue weighted by molar-refractivity contribution is 0.730. The average Bonchev–Trinajstić information content (AvgIpc) is 2.25. The maximum Gasteiger partial charge on any atom is 0.0628 e. The van der Waals surface area contributed by atoms with Crippen LogP contribution in [0.2, 0.25) is 0 Å². The van der Waals surface area contributed by atoms with Crippen LogP contribution in [0, 0.1) is 25.2 Å². The lowest BCUT2D eigenvalue weighted by Gasteiger charge is -1.96. The Morgan fingerprint density at radius 3 is 2.58 bits per heavy atom. The summed E-state index contributed by atoms with van der Waals surface area (Å²) >= 11 is 0. The first kappa shape index (κ1) is 8.79. The van der Waals surface area contributed by atoms with Crippen LogP contribution in [-0.2, 0) is 13.5 Å². The maximum atomic E-state index is 8.44. The van der Waals surface area contributed by atoms with Gasteiger partial charge in [0.15, 0.2) is 0 Å². The molecule has 1 rings (SSSR count). The van der Waals surface area contributed by atoms with Crippen molar-refractivity contribution in [3.05, 3.63) is 17.0 Å². The van der Waals surface area contributed by atoms with Gasteiger partial charge in [0.05, 0.1) is 11.8 Å². The molecule has 0 spiro atoms. The van der Waals surface area contributed by atoms with E-state index < -0.39 is 0 Å². The fourth-order valence-electron chi connectivity index (χ4n) is 1.36. The molecule has 3 nitrogen and oxygen atoms in total. The van der Waals surface area contributed by atoms with Crippen LogP contribution < -0.4 is 0 Å². The van der Waals surface area contributed by atoms with Gasteiger partial charge >= 0.3 is 0 Å².